The Bertz CT molecular complexity index is 862. The van der Waals surface area contributed by atoms with Crippen LogP contribution >= 0.6 is 11.6 Å². The van der Waals surface area contributed by atoms with Gasteiger partial charge in [-0.15, -0.1) is 0 Å². The van der Waals surface area contributed by atoms with Gasteiger partial charge in [-0.1, -0.05) is 48.7 Å². The number of halogens is 1. The van der Waals surface area contributed by atoms with E-state index in [1.807, 2.05) is 19.1 Å². The van der Waals surface area contributed by atoms with Gasteiger partial charge in [-0.3, -0.25) is 14.4 Å². The fraction of sp³-hybridized carbons (Fsp3) is 0.667. The van der Waals surface area contributed by atoms with Crippen LogP contribution in [-0.4, -0.2) is 60.1 Å². The first-order chi connectivity index (χ1) is 17.1. The first-order valence-corrected chi connectivity index (χ1v) is 13.0. The molecule has 1 N–H and O–H groups in total. The molecule has 1 saturated heterocycles. The van der Waals surface area contributed by atoms with E-state index in [-0.39, 0.29) is 24.9 Å². The van der Waals surface area contributed by atoms with Crippen LogP contribution in [0, 0.1) is 0 Å². The Hall–Kier alpha value is -2.16. The van der Waals surface area contributed by atoms with Crippen molar-refractivity contribution in [3.05, 3.63) is 34.4 Å². The van der Waals surface area contributed by atoms with Gasteiger partial charge in [0, 0.05) is 18.4 Å². The average Bonchev–Trinajstić information content (AvgIpc) is 3.18. The summed E-state index contributed by atoms with van der Waals surface area (Å²) in [6, 6.07) is 0. The van der Waals surface area contributed by atoms with Gasteiger partial charge in [-0.05, 0) is 45.1 Å². The van der Waals surface area contributed by atoms with Gasteiger partial charge in [-0.2, -0.15) is 0 Å². The van der Waals surface area contributed by atoms with Gasteiger partial charge in [0.15, 0.2) is 0 Å². The molecule has 2 heterocycles. The van der Waals surface area contributed by atoms with Gasteiger partial charge >= 0.3 is 17.9 Å². The number of hydrogen-bond acceptors (Lipinski definition) is 8. The van der Waals surface area contributed by atoms with E-state index >= 15 is 0 Å². The third kappa shape index (κ3) is 10.4. The normalized spacial score (nSPS) is 29.6. The number of hydrogen-bond donors (Lipinski definition) is 1. The van der Waals surface area contributed by atoms with Crippen molar-refractivity contribution in [3.8, 4) is 0 Å². The SMILES string of the molecule is CCCCOC(=O)C/C(C)=C/[C@@H](O)[C@@H]1O[C@H]2CC/C(Cl)=C\C/C=C(/C)[C@@H](OC(C)=O)CC(=O)O[C@H]1C2. The standard InChI is InChI=1S/C27H39ClO8/c1-5-6-12-33-25(31)14-17(2)13-22(30)27-24-15-21(35-27)11-10-20(28)9-7-8-18(3)23(34-19(4)29)16-26(32)36-24/h8-9,13,21-24,27,30H,5-7,10-12,14-16H2,1-4H3/b17-13+,18-8-,20-9+/t21-,22+,23-,24-,27-/m0/s1. The van der Waals surface area contributed by atoms with Crippen molar-refractivity contribution in [1.29, 1.82) is 0 Å². The highest BCUT2D eigenvalue weighted by Crippen LogP contribution is 2.31. The molecule has 0 aliphatic carbocycles. The number of aliphatic hydroxyl groups is 1. The molecule has 0 aromatic rings. The van der Waals surface area contributed by atoms with Gasteiger partial charge < -0.3 is 24.1 Å². The quantitative estimate of drug-likeness (QED) is 0.210. The highest BCUT2D eigenvalue weighted by atomic mass is 35.5. The number of esters is 3. The van der Waals surface area contributed by atoms with Crippen LogP contribution in [0.2, 0.25) is 0 Å². The zero-order valence-electron chi connectivity index (χ0n) is 21.7. The minimum atomic E-state index is -1.09. The van der Waals surface area contributed by atoms with Crippen molar-refractivity contribution in [2.24, 2.45) is 0 Å². The number of unbranched alkanes of at least 4 members (excludes halogenated alkanes) is 1. The summed E-state index contributed by atoms with van der Waals surface area (Å²) in [7, 11) is 0. The summed E-state index contributed by atoms with van der Waals surface area (Å²) in [4.78, 5) is 36.4. The first kappa shape index (κ1) is 30.1. The van der Waals surface area contributed by atoms with Crippen LogP contribution in [0.5, 0.6) is 0 Å². The molecule has 9 heteroatoms. The lowest BCUT2D eigenvalue weighted by Gasteiger charge is -2.24. The van der Waals surface area contributed by atoms with Gasteiger partial charge in [-0.25, -0.2) is 0 Å². The second-order valence-corrected chi connectivity index (χ2v) is 9.90. The Kier molecular flexibility index (Phi) is 12.7. The van der Waals surface area contributed by atoms with Crippen molar-refractivity contribution in [3.63, 3.8) is 0 Å². The maximum absolute atomic E-state index is 12.8. The summed E-state index contributed by atoms with van der Waals surface area (Å²) in [5.41, 5.74) is 1.36. The zero-order valence-corrected chi connectivity index (χ0v) is 22.4. The van der Waals surface area contributed by atoms with E-state index in [1.54, 1.807) is 19.9 Å². The lowest BCUT2D eigenvalue weighted by Crippen LogP contribution is -2.37. The predicted octanol–water partition coefficient (Wildman–Crippen LogP) is 4.67. The Morgan fingerprint density at radius 3 is 2.75 bits per heavy atom. The van der Waals surface area contributed by atoms with Crippen LogP contribution in [0.3, 0.4) is 0 Å². The Labute approximate surface area is 218 Å². The maximum atomic E-state index is 12.8. The van der Waals surface area contributed by atoms with Gasteiger partial charge in [0.2, 0.25) is 0 Å². The minimum absolute atomic E-state index is 0.0530. The Morgan fingerprint density at radius 1 is 1.31 bits per heavy atom. The molecule has 202 valence electrons. The average molecular weight is 527 g/mol. The summed E-state index contributed by atoms with van der Waals surface area (Å²) in [5, 5.41) is 11.6. The maximum Gasteiger partial charge on any atom is 0.310 e. The Balaban J connectivity index is 2.16. The van der Waals surface area contributed by atoms with Crippen LogP contribution in [0.25, 0.3) is 0 Å². The van der Waals surface area contributed by atoms with Crippen molar-refractivity contribution in [2.75, 3.05) is 6.61 Å². The molecule has 2 aliphatic rings. The molecule has 2 bridgehead atoms. The monoisotopic (exact) mass is 526 g/mol. The minimum Gasteiger partial charge on any atom is -0.465 e. The van der Waals surface area contributed by atoms with E-state index in [4.69, 9.17) is 30.5 Å². The highest BCUT2D eigenvalue weighted by Gasteiger charge is 2.41. The lowest BCUT2D eigenvalue weighted by atomic mass is 10.0. The molecule has 0 radical (unpaired) electrons. The zero-order chi connectivity index (χ0) is 26.7. The second-order valence-electron chi connectivity index (χ2n) is 9.42. The number of allylic oxidation sites excluding steroid dienone is 3. The van der Waals surface area contributed by atoms with Crippen LogP contribution < -0.4 is 0 Å². The third-order valence-electron chi connectivity index (χ3n) is 6.12. The fourth-order valence-electron chi connectivity index (χ4n) is 4.18. The molecule has 0 spiro atoms. The lowest BCUT2D eigenvalue weighted by molar-refractivity contribution is -0.159. The van der Waals surface area contributed by atoms with Crippen molar-refractivity contribution < 1.29 is 38.4 Å². The predicted molar refractivity (Wildman–Crippen MR) is 135 cm³/mol. The first-order valence-electron chi connectivity index (χ1n) is 12.6. The van der Waals surface area contributed by atoms with Crippen LogP contribution in [-0.2, 0) is 33.3 Å². The molecule has 0 aromatic carbocycles. The highest BCUT2D eigenvalue weighted by molar-refractivity contribution is 6.29. The number of ether oxygens (including phenoxy) is 4. The molecule has 0 unspecified atom stereocenters. The summed E-state index contributed by atoms with van der Waals surface area (Å²) in [5.74, 6) is -1.41. The van der Waals surface area contributed by atoms with E-state index in [2.05, 4.69) is 0 Å². The Morgan fingerprint density at radius 2 is 2.06 bits per heavy atom. The van der Waals surface area contributed by atoms with Crippen molar-refractivity contribution in [2.45, 2.75) is 110 Å². The number of fused-ring (bicyclic) bond motifs is 2. The fourth-order valence-corrected chi connectivity index (χ4v) is 4.38. The van der Waals surface area contributed by atoms with Gasteiger partial charge in [0.05, 0.1) is 25.6 Å². The molecule has 0 saturated carbocycles. The van der Waals surface area contributed by atoms with Gasteiger partial charge in [0.25, 0.3) is 0 Å². The number of aliphatic hydroxyl groups excluding tert-OH is 1. The molecule has 5 atom stereocenters. The van der Waals surface area contributed by atoms with Gasteiger partial charge in [0.1, 0.15) is 24.4 Å². The molecule has 2 rings (SSSR count). The smallest absolute Gasteiger partial charge is 0.310 e. The molecular weight excluding hydrogens is 488 g/mol. The topological polar surface area (TPSA) is 108 Å². The number of carbonyl (C=O) groups is 3. The van der Waals surface area contributed by atoms with E-state index in [0.29, 0.717) is 42.9 Å². The summed E-state index contributed by atoms with van der Waals surface area (Å²) in [6.45, 7) is 7.19. The van der Waals surface area contributed by atoms with Crippen molar-refractivity contribution in [1.82, 2.24) is 0 Å². The summed E-state index contributed by atoms with van der Waals surface area (Å²) < 4.78 is 22.3. The van der Waals surface area contributed by atoms with Crippen molar-refractivity contribution >= 4 is 29.5 Å². The molecule has 0 amide bonds. The van der Waals surface area contributed by atoms with Crippen LogP contribution in [0.1, 0.15) is 79.1 Å². The van der Waals surface area contributed by atoms with E-state index in [0.717, 1.165) is 18.4 Å². The van der Waals surface area contributed by atoms with E-state index < -0.39 is 36.4 Å². The second kappa shape index (κ2) is 15.2. The number of rotatable bonds is 8. The molecule has 8 nitrogen and oxygen atoms in total. The molecule has 0 aromatic heterocycles. The van der Waals surface area contributed by atoms with Crippen LogP contribution in [0.4, 0.5) is 0 Å². The summed E-state index contributed by atoms with van der Waals surface area (Å²) in [6.07, 6.45) is 5.43. The van der Waals surface area contributed by atoms with E-state index in [9.17, 15) is 19.5 Å². The molecule has 2 aliphatic heterocycles. The third-order valence-corrected chi connectivity index (χ3v) is 6.47. The molecule has 1 fully saturated rings. The number of carbonyl (C=O) groups excluding carboxylic acids is 3. The van der Waals surface area contributed by atoms with E-state index in [1.165, 1.54) is 6.92 Å². The summed E-state index contributed by atoms with van der Waals surface area (Å²) >= 11 is 6.38. The molecule has 36 heavy (non-hydrogen) atoms. The van der Waals surface area contributed by atoms with Crippen LogP contribution in [0.15, 0.2) is 34.4 Å². The molecular formula is C27H39ClO8. The largest absolute Gasteiger partial charge is 0.465 e.